The molecule has 0 aliphatic carbocycles. The molecule has 0 spiro atoms. The number of nitrogens with two attached hydrogens (primary N) is 1. The number of carbonyl (C=O) groups is 1. The van der Waals surface area contributed by atoms with Crippen LogP contribution in [-0.4, -0.2) is 44.2 Å². The van der Waals surface area contributed by atoms with Crippen LogP contribution in [0.1, 0.15) is 29.6 Å². The largest absolute Gasteiger partial charge is 0.493 e. The molecular weight excluding hydrogens is 275 g/mol. The summed E-state index contributed by atoms with van der Waals surface area (Å²) < 4.78 is 24.3. The molecule has 0 unspecified atom stereocenters. The number of ether oxygens (including phenoxy) is 2. The number of methoxy groups -OCH3 is 2. The van der Waals surface area contributed by atoms with E-state index in [9.17, 15) is 9.18 Å². The van der Waals surface area contributed by atoms with Crippen molar-refractivity contribution >= 4 is 5.91 Å². The molecule has 1 heterocycles. The van der Waals surface area contributed by atoms with Crippen molar-refractivity contribution in [1.82, 2.24) is 4.90 Å². The summed E-state index contributed by atoms with van der Waals surface area (Å²) in [6.07, 6.45) is 2.81. The van der Waals surface area contributed by atoms with Gasteiger partial charge in [-0.1, -0.05) is 0 Å². The van der Waals surface area contributed by atoms with E-state index in [1.165, 1.54) is 26.4 Å². The Hall–Kier alpha value is -1.82. The van der Waals surface area contributed by atoms with Gasteiger partial charge in [0.05, 0.1) is 19.8 Å². The van der Waals surface area contributed by atoms with Crippen molar-refractivity contribution in [3.05, 3.63) is 23.5 Å². The summed E-state index contributed by atoms with van der Waals surface area (Å²) in [5.74, 6) is -0.355. The molecule has 1 amide bonds. The summed E-state index contributed by atoms with van der Waals surface area (Å²) in [4.78, 5) is 14.3. The minimum Gasteiger partial charge on any atom is -0.493 e. The number of piperidine rings is 1. The first-order valence-electron chi connectivity index (χ1n) is 7.05. The van der Waals surface area contributed by atoms with Crippen molar-refractivity contribution < 1.29 is 18.7 Å². The van der Waals surface area contributed by atoms with Crippen molar-refractivity contribution in [2.24, 2.45) is 5.73 Å². The van der Waals surface area contributed by atoms with Crippen LogP contribution in [0.3, 0.4) is 0 Å². The second kappa shape index (κ2) is 6.76. The van der Waals surface area contributed by atoms with Gasteiger partial charge in [-0.3, -0.25) is 4.79 Å². The molecule has 1 aromatic carbocycles. The van der Waals surface area contributed by atoms with Gasteiger partial charge in [-0.2, -0.15) is 0 Å². The average molecular weight is 296 g/mol. The molecule has 1 aliphatic rings. The minimum absolute atomic E-state index is 0.00648. The maximum atomic E-state index is 14.2. The van der Waals surface area contributed by atoms with Gasteiger partial charge in [-0.15, -0.1) is 0 Å². The highest BCUT2D eigenvalue weighted by Crippen LogP contribution is 2.31. The first-order valence-corrected chi connectivity index (χ1v) is 7.05. The third kappa shape index (κ3) is 3.10. The summed E-state index contributed by atoms with van der Waals surface area (Å²) in [6.45, 7) is 0.995. The molecule has 0 aromatic heterocycles. The van der Waals surface area contributed by atoms with E-state index in [-0.39, 0.29) is 23.3 Å². The predicted molar refractivity (Wildman–Crippen MR) is 77.2 cm³/mol. The molecule has 0 saturated carbocycles. The molecule has 0 bridgehead atoms. The second-order valence-corrected chi connectivity index (χ2v) is 5.07. The zero-order valence-electron chi connectivity index (χ0n) is 12.4. The molecule has 1 saturated heterocycles. The maximum Gasteiger partial charge on any atom is 0.257 e. The number of rotatable bonds is 4. The standard InChI is InChI=1S/C15H21FN2O3/c1-20-13-7-11(12(16)8-14(13)21-2)15(19)18-6-4-3-5-10(18)9-17/h7-8,10H,3-6,9,17H2,1-2H3/t10-/m1/s1. The van der Waals surface area contributed by atoms with Gasteiger partial charge in [-0.05, 0) is 25.3 Å². The maximum absolute atomic E-state index is 14.2. The van der Waals surface area contributed by atoms with Crippen LogP contribution < -0.4 is 15.2 Å². The fraction of sp³-hybridized carbons (Fsp3) is 0.533. The number of nitrogens with zero attached hydrogens (tertiary/aromatic N) is 1. The van der Waals surface area contributed by atoms with E-state index in [1.807, 2.05) is 0 Å². The lowest BCUT2D eigenvalue weighted by molar-refractivity contribution is 0.0618. The predicted octanol–water partition coefficient (Wildman–Crippen LogP) is 1.80. The number of carbonyl (C=O) groups excluding carboxylic acids is 1. The monoisotopic (exact) mass is 296 g/mol. The quantitative estimate of drug-likeness (QED) is 0.920. The highest BCUT2D eigenvalue weighted by molar-refractivity contribution is 5.95. The smallest absolute Gasteiger partial charge is 0.257 e. The van der Waals surface area contributed by atoms with E-state index in [4.69, 9.17) is 15.2 Å². The molecule has 6 heteroatoms. The Kier molecular flexibility index (Phi) is 5.01. The highest BCUT2D eigenvalue weighted by atomic mass is 19.1. The van der Waals surface area contributed by atoms with Gasteiger partial charge >= 0.3 is 0 Å². The molecule has 21 heavy (non-hydrogen) atoms. The van der Waals surface area contributed by atoms with Crippen LogP contribution in [-0.2, 0) is 0 Å². The van der Waals surface area contributed by atoms with E-state index in [2.05, 4.69) is 0 Å². The summed E-state index contributed by atoms with van der Waals surface area (Å²) in [7, 11) is 2.88. The summed E-state index contributed by atoms with van der Waals surface area (Å²) in [5, 5.41) is 0. The number of likely N-dealkylation sites (tertiary alicyclic amines) is 1. The molecular formula is C15H21FN2O3. The van der Waals surface area contributed by atoms with Gasteiger partial charge in [-0.25, -0.2) is 4.39 Å². The van der Waals surface area contributed by atoms with Crippen molar-refractivity contribution in [1.29, 1.82) is 0 Å². The van der Waals surface area contributed by atoms with Crippen LogP contribution in [0.15, 0.2) is 12.1 Å². The molecule has 116 valence electrons. The normalized spacial score (nSPS) is 18.5. The van der Waals surface area contributed by atoms with Crippen molar-refractivity contribution in [2.45, 2.75) is 25.3 Å². The molecule has 1 aliphatic heterocycles. The Morgan fingerprint density at radius 3 is 2.62 bits per heavy atom. The number of hydrogen-bond donors (Lipinski definition) is 1. The lowest BCUT2D eigenvalue weighted by atomic mass is 10.0. The summed E-state index contributed by atoms with van der Waals surface area (Å²) in [5.41, 5.74) is 5.71. The van der Waals surface area contributed by atoms with Gasteiger partial charge in [0.2, 0.25) is 0 Å². The van der Waals surface area contributed by atoms with Gasteiger partial charge in [0.25, 0.3) is 5.91 Å². The van der Waals surface area contributed by atoms with Crippen LogP contribution >= 0.6 is 0 Å². The fourth-order valence-corrected chi connectivity index (χ4v) is 2.69. The first-order chi connectivity index (χ1) is 10.1. The molecule has 5 nitrogen and oxygen atoms in total. The second-order valence-electron chi connectivity index (χ2n) is 5.07. The number of halogens is 1. The number of amides is 1. The van der Waals surface area contributed by atoms with Crippen LogP contribution in [0.2, 0.25) is 0 Å². The minimum atomic E-state index is -0.612. The zero-order chi connectivity index (χ0) is 15.4. The van der Waals surface area contributed by atoms with E-state index in [1.54, 1.807) is 4.90 Å². The molecule has 1 fully saturated rings. The number of benzene rings is 1. The Morgan fingerprint density at radius 2 is 2.00 bits per heavy atom. The zero-order valence-corrected chi connectivity index (χ0v) is 12.4. The first kappa shape index (κ1) is 15.6. The molecule has 2 N–H and O–H groups in total. The van der Waals surface area contributed by atoms with E-state index in [0.717, 1.165) is 19.3 Å². The van der Waals surface area contributed by atoms with Gasteiger partial charge in [0, 0.05) is 25.2 Å². The Morgan fingerprint density at radius 1 is 1.33 bits per heavy atom. The summed E-state index contributed by atoms with van der Waals surface area (Å²) >= 11 is 0. The van der Waals surface area contributed by atoms with Gasteiger partial charge in [0.1, 0.15) is 5.82 Å². The van der Waals surface area contributed by atoms with Gasteiger partial charge < -0.3 is 20.1 Å². The van der Waals surface area contributed by atoms with Crippen molar-refractivity contribution in [3.63, 3.8) is 0 Å². The van der Waals surface area contributed by atoms with Crippen LogP contribution in [0.5, 0.6) is 11.5 Å². The lowest BCUT2D eigenvalue weighted by Gasteiger charge is -2.35. The Balaban J connectivity index is 2.33. The lowest BCUT2D eigenvalue weighted by Crippen LogP contribution is -2.47. The Bertz CT molecular complexity index is 522. The average Bonchev–Trinajstić information content (AvgIpc) is 2.53. The highest BCUT2D eigenvalue weighted by Gasteiger charge is 2.29. The molecule has 1 aromatic rings. The fourth-order valence-electron chi connectivity index (χ4n) is 2.69. The number of hydrogen-bond acceptors (Lipinski definition) is 4. The molecule has 2 rings (SSSR count). The van der Waals surface area contributed by atoms with E-state index < -0.39 is 5.82 Å². The van der Waals surface area contributed by atoms with E-state index >= 15 is 0 Å². The van der Waals surface area contributed by atoms with Crippen molar-refractivity contribution in [2.75, 3.05) is 27.3 Å². The van der Waals surface area contributed by atoms with Crippen LogP contribution in [0.25, 0.3) is 0 Å². The third-order valence-corrected chi connectivity index (χ3v) is 3.86. The topological polar surface area (TPSA) is 64.8 Å². The molecule has 0 radical (unpaired) electrons. The van der Waals surface area contributed by atoms with Crippen LogP contribution in [0, 0.1) is 5.82 Å². The Labute approximate surface area is 123 Å². The van der Waals surface area contributed by atoms with E-state index in [0.29, 0.717) is 18.8 Å². The SMILES string of the molecule is COc1cc(F)c(C(=O)N2CCCC[C@@H]2CN)cc1OC. The van der Waals surface area contributed by atoms with Gasteiger partial charge in [0.15, 0.2) is 11.5 Å². The third-order valence-electron chi connectivity index (χ3n) is 3.86. The molecule has 1 atom stereocenters. The van der Waals surface area contributed by atoms with Crippen LogP contribution in [0.4, 0.5) is 4.39 Å². The van der Waals surface area contributed by atoms with Crippen molar-refractivity contribution in [3.8, 4) is 11.5 Å². The summed E-state index contributed by atoms with van der Waals surface area (Å²) in [6, 6.07) is 2.53.